The Morgan fingerprint density at radius 2 is 2.19 bits per heavy atom. The van der Waals surface area contributed by atoms with Crippen molar-refractivity contribution in [2.45, 2.75) is 20.3 Å². The molecule has 21 heavy (non-hydrogen) atoms. The number of rotatable bonds is 5. The Labute approximate surface area is 129 Å². The fourth-order valence-corrected chi connectivity index (χ4v) is 2.34. The number of aromatic hydroxyl groups is 1. The molecule has 1 fully saturated rings. The van der Waals surface area contributed by atoms with Crippen molar-refractivity contribution in [3.05, 3.63) is 29.5 Å². The Bertz CT molecular complexity index is 599. The van der Waals surface area contributed by atoms with E-state index in [0.29, 0.717) is 29.7 Å². The molecule has 0 bridgehead atoms. The maximum atomic E-state index is 12.2. The first kappa shape index (κ1) is 15.3. The summed E-state index contributed by atoms with van der Waals surface area (Å²) in [6.07, 6.45) is 2.54. The van der Waals surface area contributed by atoms with E-state index in [1.54, 1.807) is 29.2 Å². The van der Waals surface area contributed by atoms with Gasteiger partial charge in [-0.15, -0.1) is 0 Å². The average Bonchev–Trinajstić information content (AvgIpc) is 2.71. The number of phenols is 1. The topological polar surface area (TPSA) is 61.8 Å². The molecular weight excluding hydrogens is 288 g/mol. The number of hydrogen-bond donors (Lipinski definition) is 2. The fourth-order valence-electron chi connectivity index (χ4n) is 2.06. The van der Waals surface area contributed by atoms with Crippen LogP contribution in [0.5, 0.6) is 11.5 Å². The van der Waals surface area contributed by atoms with E-state index in [2.05, 4.69) is 5.32 Å². The van der Waals surface area contributed by atoms with Gasteiger partial charge in [0.05, 0.1) is 6.61 Å². The summed E-state index contributed by atoms with van der Waals surface area (Å²) >= 11 is 5.15. The van der Waals surface area contributed by atoms with Crippen LogP contribution in [0, 0.1) is 0 Å². The molecule has 1 saturated heterocycles. The molecule has 1 aromatic carbocycles. The number of carbonyl (C=O) groups is 1. The van der Waals surface area contributed by atoms with Crippen LogP contribution in [0.25, 0.3) is 6.08 Å². The monoisotopic (exact) mass is 306 g/mol. The van der Waals surface area contributed by atoms with Gasteiger partial charge in [-0.05, 0) is 49.3 Å². The van der Waals surface area contributed by atoms with Crippen LogP contribution in [-0.2, 0) is 4.79 Å². The first-order chi connectivity index (χ1) is 10.1. The molecule has 0 spiro atoms. The van der Waals surface area contributed by atoms with Gasteiger partial charge in [0.25, 0.3) is 5.91 Å². The van der Waals surface area contributed by atoms with Crippen molar-refractivity contribution in [1.29, 1.82) is 0 Å². The van der Waals surface area contributed by atoms with Gasteiger partial charge in [-0.3, -0.25) is 9.69 Å². The van der Waals surface area contributed by atoms with Gasteiger partial charge in [0.2, 0.25) is 0 Å². The zero-order valence-corrected chi connectivity index (χ0v) is 12.9. The van der Waals surface area contributed by atoms with Crippen LogP contribution < -0.4 is 10.1 Å². The number of carbonyl (C=O) groups excluding carboxylic acids is 1. The Morgan fingerprint density at radius 1 is 1.43 bits per heavy atom. The summed E-state index contributed by atoms with van der Waals surface area (Å²) in [5.41, 5.74) is 1.19. The second kappa shape index (κ2) is 6.58. The molecule has 1 heterocycles. The Morgan fingerprint density at radius 3 is 2.86 bits per heavy atom. The molecule has 112 valence electrons. The highest BCUT2D eigenvalue weighted by molar-refractivity contribution is 7.80. The van der Waals surface area contributed by atoms with Gasteiger partial charge in [0.1, 0.15) is 5.70 Å². The molecule has 0 aliphatic carbocycles. The second-order valence-corrected chi connectivity index (χ2v) is 4.99. The molecule has 5 nitrogen and oxygen atoms in total. The molecule has 0 saturated carbocycles. The normalized spacial score (nSPS) is 16.5. The SMILES string of the molecule is CCCN1C(=O)/C(=C\c2ccc(O)c(OCC)c2)NC1=S. The minimum absolute atomic E-state index is 0.0767. The van der Waals surface area contributed by atoms with Crippen LogP contribution in [0.2, 0.25) is 0 Å². The van der Waals surface area contributed by atoms with Crippen molar-refractivity contribution in [2.75, 3.05) is 13.2 Å². The number of benzene rings is 1. The Kier molecular flexibility index (Phi) is 4.80. The van der Waals surface area contributed by atoms with Gasteiger partial charge in [-0.25, -0.2) is 0 Å². The summed E-state index contributed by atoms with van der Waals surface area (Å²) < 4.78 is 5.33. The molecule has 0 aromatic heterocycles. The van der Waals surface area contributed by atoms with Crippen LogP contribution in [-0.4, -0.2) is 34.2 Å². The predicted octanol–water partition coefficient (Wildman–Crippen LogP) is 2.26. The van der Waals surface area contributed by atoms with Gasteiger partial charge in [0, 0.05) is 6.54 Å². The van der Waals surface area contributed by atoms with Crippen molar-refractivity contribution in [2.24, 2.45) is 0 Å². The van der Waals surface area contributed by atoms with Gasteiger partial charge in [0.15, 0.2) is 16.6 Å². The quantitative estimate of drug-likeness (QED) is 0.645. The molecule has 1 amide bonds. The standard InChI is InChI=1S/C15H18N2O3S/c1-3-7-17-14(19)11(16-15(17)21)8-10-5-6-12(18)13(9-10)20-4-2/h5-6,8-9,18H,3-4,7H2,1-2H3,(H,16,21)/b11-8+. The van der Waals surface area contributed by atoms with Gasteiger partial charge in [-0.2, -0.15) is 0 Å². The third kappa shape index (κ3) is 3.33. The van der Waals surface area contributed by atoms with Crippen LogP contribution in [0.1, 0.15) is 25.8 Å². The molecule has 0 unspecified atom stereocenters. The van der Waals surface area contributed by atoms with E-state index in [4.69, 9.17) is 17.0 Å². The van der Waals surface area contributed by atoms with Crippen molar-refractivity contribution in [3.63, 3.8) is 0 Å². The summed E-state index contributed by atoms with van der Waals surface area (Å²) in [5.74, 6) is 0.339. The van der Waals surface area contributed by atoms with Gasteiger partial charge >= 0.3 is 0 Å². The van der Waals surface area contributed by atoms with Crippen LogP contribution in [0.3, 0.4) is 0 Å². The second-order valence-electron chi connectivity index (χ2n) is 4.61. The molecule has 0 radical (unpaired) electrons. The smallest absolute Gasteiger partial charge is 0.276 e. The van der Waals surface area contributed by atoms with E-state index in [-0.39, 0.29) is 11.7 Å². The van der Waals surface area contributed by atoms with E-state index in [0.717, 1.165) is 12.0 Å². The van der Waals surface area contributed by atoms with Crippen molar-refractivity contribution in [1.82, 2.24) is 10.2 Å². The maximum absolute atomic E-state index is 12.2. The van der Waals surface area contributed by atoms with E-state index in [9.17, 15) is 9.90 Å². The zero-order valence-electron chi connectivity index (χ0n) is 12.0. The summed E-state index contributed by atoms with van der Waals surface area (Å²) in [5, 5.41) is 13.0. The number of amides is 1. The summed E-state index contributed by atoms with van der Waals surface area (Å²) in [6, 6.07) is 4.94. The van der Waals surface area contributed by atoms with Crippen molar-refractivity contribution >= 4 is 29.3 Å². The lowest BCUT2D eigenvalue weighted by molar-refractivity contribution is -0.122. The van der Waals surface area contributed by atoms with E-state index >= 15 is 0 Å². The number of phenolic OH excluding ortho intramolecular Hbond substituents is 1. The highest BCUT2D eigenvalue weighted by Crippen LogP contribution is 2.28. The lowest BCUT2D eigenvalue weighted by atomic mass is 10.1. The number of hydrogen-bond acceptors (Lipinski definition) is 4. The largest absolute Gasteiger partial charge is 0.504 e. The molecule has 0 atom stereocenters. The highest BCUT2D eigenvalue weighted by atomic mass is 32.1. The molecule has 1 aromatic rings. The lowest BCUT2D eigenvalue weighted by Gasteiger charge is -2.11. The lowest BCUT2D eigenvalue weighted by Crippen LogP contribution is -2.31. The van der Waals surface area contributed by atoms with Crippen molar-refractivity contribution in [3.8, 4) is 11.5 Å². The molecule has 2 rings (SSSR count). The molecule has 6 heteroatoms. The number of ether oxygens (including phenoxy) is 1. The third-order valence-electron chi connectivity index (χ3n) is 3.00. The third-order valence-corrected chi connectivity index (χ3v) is 3.33. The molecule has 2 N–H and O–H groups in total. The van der Waals surface area contributed by atoms with Gasteiger partial charge in [-0.1, -0.05) is 13.0 Å². The van der Waals surface area contributed by atoms with Crippen LogP contribution in [0.15, 0.2) is 23.9 Å². The molecule has 1 aliphatic heterocycles. The fraction of sp³-hybridized carbons (Fsp3) is 0.333. The number of nitrogens with one attached hydrogen (secondary N) is 1. The van der Waals surface area contributed by atoms with E-state index < -0.39 is 0 Å². The Hall–Kier alpha value is -2.08. The summed E-state index contributed by atoms with van der Waals surface area (Å²) in [4.78, 5) is 13.8. The maximum Gasteiger partial charge on any atom is 0.276 e. The highest BCUT2D eigenvalue weighted by Gasteiger charge is 2.29. The van der Waals surface area contributed by atoms with E-state index in [1.807, 2.05) is 13.8 Å². The number of thiocarbonyl (C=S) groups is 1. The van der Waals surface area contributed by atoms with Gasteiger partial charge < -0.3 is 15.2 Å². The summed E-state index contributed by atoms with van der Waals surface area (Å²) in [6.45, 7) is 4.89. The molecular formula is C15H18N2O3S. The van der Waals surface area contributed by atoms with Crippen LogP contribution in [0.4, 0.5) is 0 Å². The number of nitrogens with zero attached hydrogens (tertiary/aromatic N) is 1. The van der Waals surface area contributed by atoms with Crippen LogP contribution >= 0.6 is 12.2 Å². The minimum atomic E-state index is -0.132. The predicted molar refractivity (Wildman–Crippen MR) is 85.0 cm³/mol. The zero-order chi connectivity index (χ0) is 15.4. The molecule has 1 aliphatic rings. The first-order valence-corrected chi connectivity index (χ1v) is 7.28. The Balaban J connectivity index is 2.26. The van der Waals surface area contributed by atoms with E-state index in [1.165, 1.54) is 0 Å². The minimum Gasteiger partial charge on any atom is -0.504 e. The summed E-state index contributed by atoms with van der Waals surface area (Å²) in [7, 11) is 0. The van der Waals surface area contributed by atoms with Crippen molar-refractivity contribution < 1.29 is 14.6 Å². The average molecular weight is 306 g/mol. The first-order valence-electron chi connectivity index (χ1n) is 6.87.